The highest BCUT2D eigenvalue weighted by Crippen LogP contribution is 2.21. The second-order valence-corrected chi connectivity index (χ2v) is 3.23. The van der Waals surface area contributed by atoms with E-state index in [1.165, 1.54) is 12.8 Å². The van der Waals surface area contributed by atoms with E-state index >= 15 is 0 Å². The Kier molecular flexibility index (Phi) is 2.40. The summed E-state index contributed by atoms with van der Waals surface area (Å²) in [5.41, 5.74) is 1.05. The lowest BCUT2D eigenvalue weighted by molar-refractivity contribution is 0.625. The van der Waals surface area contributed by atoms with Crippen LogP contribution in [0.3, 0.4) is 0 Å². The van der Waals surface area contributed by atoms with Crippen LogP contribution in [-0.4, -0.2) is 23.6 Å². The molecule has 1 aliphatic heterocycles. The summed E-state index contributed by atoms with van der Waals surface area (Å²) in [5.74, 6) is 0.839. The van der Waals surface area contributed by atoms with Crippen LogP contribution in [0.25, 0.3) is 0 Å². The molecule has 1 aromatic rings. The molecule has 1 fully saturated rings. The first kappa shape index (κ1) is 8.44. The fraction of sp³-hybridized carbons (Fsp3) is 0.556. The molecule has 0 aliphatic carbocycles. The first-order chi connectivity index (χ1) is 6.40. The van der Waals surface area contributed by atoms with Crippen molar-refractivity contribution >= 4 is 5.82 Å². The minimum atomic E-state index is 0.404. The quantitative estimate of drug-likeness (QED) is 0.707. The van der Waals surface area contributed by atoms with Gasteiger partial charge >= 0.3 is 0 Å². The van der Waals surface area contributed by atoms with Gasteiger partial charge < -0.3 is 10.6 Å². The van der Waals surface area contributed by atoms with Crippen LogP contribution in [0.15, 0.2) is 12.4 Å². The van der Waals surface area contributed by atoms with Gasteiger partial charge in [0.2, 0.25) is 0 Å². The third kappa shape index (κ3) is 1.78. The van der Waals surface area contributed by atoms with Gasteiger partial charge in [-0.05, 0) is 19.4 Å². The third-order valence-electron chi connectivity index (χ3n) is 2.33. The number of rotatable bonds is 2. The molecular weight excluding hydrogens is 164 g/mol. The highest BCUT2D eigenvalue weighted by molar-refractivity contribution is 5.31. The predicted octanol–water partition coefficient (Wildman–Crippen LogP) is 0.943. The molecule has 70 valence electrons. The smallest absolute Gasteiger partial charge is 0.144 e. The fourth-order valence-electron chi connectivity index (χ4n) is 1.61. The van der Waals surface area contributed by atoms with Gasteiger partial charge in [-0.1, -0.05) is 0 Å². The second-order valence-electron chi connectivity index (χ2n) is 3.23. The molecule has 0 radical (unpaired) electrons. The Morgan fingerprint density at radius 1 is 1.54 bits per heavy atom. The van der Waals surface area contributed by atoms with Crippen molar-refractivity contribution in [2.24, 2.45) is 0 Å². The third-order valence-corrected chi connectivity index (χ3v) is 2.33. The Morgan fingerprint density at radius 2 is 2.46 bits per heavy atom. The number of nitrogens with one attached hydrogen (secondary N) is 2. The van der Waals surface area contributed by atoms with Gasteiger partial charge in [0.05, 0.1) is 24.1 Å². The molecule has 4 nitrogen and oxygen atoms in total. The molecule has 2 heterocycles. The zero-order chi connectivity index (χ0) is 9.10. The van der Waals surface area contributed by atoms with Crippen LogP contribution < -0.4 is 10.6 Å². The van der Waals surface area contributed by atoms with Crippen molar-refractivity contribution in [2.45, 2.75) is 18.9 Å². The van der Waals surface area contributed by atoms with E-state index < -0.39 is 0 Å². The van der Waals surface area contributed by atoms with Gasteiger partial charge in [0.25, 0.3) is 0 Å². The topological polar surface area (TPSA) is 49.8 Å². The fourth-order valence-corrected chi connectivity index (χ4v) is 1.61. The van der Waals surface area contributed by atoms with E-state index in [0.717, 1.165) is 18.1 Å². The number of hydrogen-bond acceptors (Lipinski definition) is 4. The van der Waals surface area contributed by atoms with Gasteiger partial charge in [-0.3, -0.25) is 4.98 Å². The van der Waals surface area contributed by atoms with Gasteiger partial charge in [0.15, 0.2) is 0 Å². The second kappa shape index (κ2) is 3.70. The van der Waals surface area contributed by atoms with Crippen molar-refractivity contribution in [1.29, 1.82) is 0 Å². The van der Waals surface area contributed by atoms with Crippen LogP contribution in [0, 0.1) is 0 Å². The maximum atomic E-state index is 4.44. The molecule has 1 unspecified atom stereocenters. The monoisotopic (exact) mass is 178 g/mol. The maximum absolute atomic E-state index is 4.44. The molecule has 1 atom stereocenters. The first-order valence-electron chi connectivity index (χ1n) is 4.63. The van der Waals surface area contributed by atoms with Crippen LogP contribution in [0.2, 0.25) is 0 Å². The number of aromatic nitrogens is 2. The van der Waals surface area contributed by atoms with Gasteiger partial charge in [-0.2, -0.15) is 0 Å². The zero-order valence-electron chi connectivity index (χ0n) is 7.75. The summed E-state index contributed by atoms with van der Waals surface area (Å²) in [5, 5.41) is 6.38. The van der Waals surface area contributed by atoms with Gasteiger partial charge in [-0.15, -0.1) is 0 Å². The molecule has 0 amide bonds. The normalized spacial score (nSPS) is 21.8. The Morgan fingerprint density at radius 3 is 3.15 bits per heavy atom. The van der Waals surface area contributed by atoms with E-state index in [9.17, 15) is 0 Å². The molecule has 13 heavy (non-hydrogen) atoms. The van der Waals surface area contributed by atoms with Crippen molar-refractivity contribution in [1.82, 2.24) is 15.3 Å². The summed E-state index contributed by atoms with van der Waals surface area (Å²) in [6, 6.07) is 0.404. The molecule has 1 aromatic heterocycles. The van der Waals surface area contributed by atoms with Crippen molar-refractivity contribution in [2.75, 3.05) is 18.9 Å². The molecule has 2 rings (SSSR count). The minimum absolute atomic E-state index is 0.404. The summed E-state index contributed by atoms with van der Waals surface area (Å²) < 4.78 is 0. The Bertz CT molecular complexity index is 281. The van der Waals surface area contributed by atoms with E-state index in [-0.39, 0.29) is 0 Å². The molecule has 0 spiro atoms. The lowest BCUT2D eigenvalue weighted by Crippen LogP contribution is -2.15. The molecule has 1 saturated heterocycles. The van der Waals surface area contributed by atoms with Crippen LogP contribution in [-0.2, 0) is 0 Å². The van der Waals surface area contributed by atoms with E-state index in [4.69, 9.17) is 0 Å². The Balaban J connectivity index is 2.18. The largest absolute Gasteiger partial charge is 0.372 e. The molecule has 0 bridgehead atoms. The van der Waals surface area contributed by atoms with Crippen molar-refractivity contribution in [3.8, 4) is 0 Å². The average molecular weight is 178 g/mol. The van der Waals surface area contributed by atoms with Crippen molar-refractivity contribution in [3.63, 3.8) is 0 Å². The predicted molar refractivity (Wildman–Crippen MR) is 51.6 cm³/mol. The maximum Gasteiger partial charge on any atom is 0.144 e. The van der Waals surface area contributed by atoms with Crippen LogP contribution in [0.4, 0.5) is 5.82 Å². The lowest BCUT2D eigenvalue weighted by Gasteiger charge is -2.09. The summed E-state index contributed by atoms with van der Waals surface area (Å²) in [4.78, 5) is 8.57. The van der Waals surface area contributed by atoms with Crippen LogP contribution in [0.5, 0.6) is 0 Å². The Hall–Kier alpha value is -1.16. The lowest BCUT2D eigenvalue weighted by atomic mass is 10.2. The number of hydrogen-bond donors (Lipinski definition) is 2. The van der Waals surface area contributed by atoms with Crippen molar-refractivity contribution in [3.05, 3.63) is 18.1 Å². The first-order valence-corrected chi connectivity index (χ1v) is 4.63. The number of anilines is 1. The molecule has 4 heteroatoms. The van der Waals surface area contributed by atoms with E-state index in [0.29, 0.717) is 6.04 Å². The van der Waals surface area contributed by atoms with Crippen molar-refractivity contribution < 1.29 is 0 Å². The molecular formula is C9H14N4. The standard InChI is InChI=1S/C9H14N4/c1-10-9-6-11-5-8(13-9)7-3-2-4-12-7/h5-7,12H,2-4H2,1H3,(H,10,13). The Labute approximate surface area is 77.8 Å². The summed E-state index contributed by atoms with van der Waals surface area (Å²) >= 11 is 0. The van der Waals surface area contributed by atoms with E-state index in [2.05, 4.69) is 20.6 Å². The molecule has 0 saturated carbocycles. The molecule has 1 aliphatic rings. The highest BCUT2D eigenvalue weighted by atomic mass is 15.0. The minimum Gasteiger partial charge on any atom is -0.372 e. The SMILES string of the molecule is CNc1cncc(C2CCCN2)n1. The number of nitrogens with zero attached hydrogens (tertiary/aromatic N) is 2. The van der Waals surface area contributed by atoms with Gasteiger partial charge in [0.1, 0.15) is 5.82 Å². The van der Waals surface area contributed by atoms with Crippen LogP contribution >= 0.6 is 0 Å². The van der Waals surface area contributed by atoms with E-state index in [1.54, 1.807) is 6.20 Å². The molecule has 2 N–H and O–H groups in total. The summed E-state index contributed by atoms with van der Waals surface area (Å²) in [6.07, 6.45) is 5.97. The van der Waals surface area contributed by atoms with Gasteiger partial charge in [0, 0.05) is 7.05 Å². The molecule has 0 aromatic carbocycles. The van der Waals surface area contributed by atoms with Gasteiger partial charge in [-0.25, -0.2) is 4.98 Å². The summed E-state index contributed by atoms with van der Waals surface area (Å²) in [6.45, 7) is 1.09. The van der Waals surface area contributed by atoms with Crippen LogP contribution in [0.1, 0.15) is 24.6 Å². The highest BCUT2D eigenvalue weighted by Gasteiger charge is 2.17. The average Bonchev–Trinajstić information content (AvgIpc) is 2.71. The summed E-state index contributed by atoms with van der Waals surface area (Å²) in [7, 11) is 1.86. The van der Waals surface area contributed by atoms with E-state index in [1.807, 2.05) is 13.2 Å². The zero-order valence-corrected chi connectivity index (χ0v) is 7.75.